The number of hydrogen-bond donors (Lipinski definition) is 4. The van der Waals surface area contributed by atoms with Gasteiger partial charge in [-0.2, -0.15) is 0 Å². The van der Waals surface area contributed by atoms with Gasteiger partial charge in [0.1, 0.15) is 5.82 Å². The SMILES string of the molecule is C[C@@H](CO)NC1CCC(Nc2cc(-c3cccc(NCC4CCOCC4)c3)c(Cl)cn2)CC1. The van der Waals surface area contributed by atoms with Crippen LogP contribution in [0, 0.1) is 5.92 Å². The number of hydrogen-bond acceptors (Lipinski definition) is 6. The Labute approximate surface area is 202 Å². The number of halogens is 1. The standard InChI is InChI=1S/C26H37ClN4O2/c1-18(17-32)30-21-5-7-22(8-6-21)31-26-14-24(25(27)16-29-26)20-3-2-4-23(13-20)28-15-19-9-11-33-12-10-19/h2-4,13-14,16,18-19,21-22,28,30,32H,5-12,15,17H2,1H3,(H,29,31)/t18-,21?,22?/m0/s1. The minimum absolute atomic E-state index is 0.155. The molecule has 2 aliphatic rings. The first-order valence-electron chi connectivity index (χ1n) is 12.3. The fraction of sp³-hybridized carbons (Fsp3) is 0.577. The third kappa shape index (κ3) is 7.06. The maximum atomic E-state index is 9.26. The summed E-state index contributed by atoms with van der Waals surface area (Å²) in [6.45, 7) is 4.92. The Morgan fingerprint density at radius 2 is 1.85 bits per heavy atom. The summed E-state index contributed by atoms with van der Waals surface area (Å²) in [6, 6.07) is 11.6. The van der Waals surface area contributed by atoms with Gasteiger partial charge in [0.15, 0.2) is 0 Å². The summed E-state index contributed by atoms with van der Waals surface area (Å²) >= 11 is 6.55. The predicted octanol–water partition coefficient (Wildman–Crippen LogP) is 4.93. The zero-order valence-corrected chi connectivity index (χ0v) is 20.3. The zero-order valence-electron chi connectivity index (χ0n) is 19.5. The molecule has 33 heavy (non-hydrogen) atoms. The number of rotatable bonds is 9. The van der Waals surface area contributed by atoms with Crippen molar-refractivity contribution in [3.05, 3.63) is 41.6 Å². The van der Waals surface area contributed by atoms with E-state index in [2.05, 4.69) is 51.3 Å². The van der Waals surface area contributed by atoms with Crippen LogP contribution in [0.1, 0.15) is 45.4 Å². The van der Waals surface area contributed by atoms with Gasteiger partial charge in [0.25, 0.3) is 0 Å². The highest BCUT2D eigenvalue weighted by molar-refractivity contribution is 6.33. The van der Waals surface area contributed by atoms with Crippen LogP contribution in [0.4, 0.5) is 11.5 Å². The van der Waals surface area contributed by atoms with Crippen LogP contribution >= 0.6 is 11.6 Å². The molecule has 0 radical (unpaired) electrons. The normalized spacial score (nSPS) is 22.6. The topological polar surface area (TPSA) is 78.4 Å². The van der Waals surface area contributed by atoms with Gasteiger partial charge in [-0.05, 0) is 75.1 Å². The van der Waals surface area contributed by atoms with Crippen LogP contribution in [-0.4, -0.2) is 54.6 Å². The van der Waals surface area contributed by atoms with Gasteiger partial charge >= 0.3 is 0 Å². The summed E-state index contributed by atoms with van der Waals surface area (Å²) < 4.78 is 5.47. The summed E-state index contributed by atoms with van der Waals surface area (Å²) in [4.78, 5) is 4.54. The van der Waals surface area contributed by atoms with E-state index in [-0.39, 0.29) is 12.6 Å². The van der Waals surface area contributed by atoms with Gasteiger partial charge in [-0.3, -0.25) is 0 Å². The molecule has 6 nitrogen and oxygen atoms in total. The Hall–Kier alpha value is -1.86. The van der Waals surface area contributed by atoms with Crippen molar-refractivity contribution in [1.29, 1.82) is 0 Å². The molecular weight excluding hydrogens is 436 g/mol. The highest BCUT2D eigenvalue weighted by atomic mass is 35.5. The molecule has 0 spiro atoms. The zero-order chi connectivity index (χ0) is 23.0. The molecule has 1 aliphatic carbocycles. The molecule has 2 heterocycles. The third-order valence-electron chi connectivity index (χ3n) is 6.84. The number of aliphatic hydroxyl groups is 1. The van der Waals surface area contributed by atoms with Crippen LogP contribution in [0.2, 0.25) is 5.02 Å². The molecule has 1 aromatic carbocycles. The fourth-order valence-corrected chi connectivity index (χ4v) is 5.03. The number of ether oxygens (including phenoxy) is 1. The molecule has 0 amide bonds. The van der Waals surface area contributed by atoms with Gasteiger partial charge < -0.3 is 25.8 Å². The Kier molecular flexibility index (Phi) is 8.84. The first-order valence-corrected chi connectivity index (χ1v) is 12.7. The number of pyridine rings is 1. The predicted molar refractivity (Wildman–Crippen MR) is 136 cm³/mol. The first-order chi connectivity index (χ1) is 16.1. The number of nitrogens with zero attached hydrogens (tertiary/aromatic N) is 1. The smallest absolute Gasteiger partial charge is 0.126 e. The summed E-state index contributed by atoms with van der Waals surface area (Å²) in [7, 11) is 0. The number of aliphatic hydroxyl groups excluding tert-OH is 1. The molecule has 4 rings (SSSR count). The lowest BCUT2D eigenvalue weighted by Crippen LogP contribution is -2.42. The Balaban J connectivity index is 1.36. The second-order valence-corrected chi connectivity index (χ2v) is 9.92. The molecule has 1 aliphatic heterocycles. The summed E-state index contributed by atoms with van der Waals surface area (Å²) in [5, 5.41) is 20.6. The number of nitrogens with one attached hydrogen (secondary N) is 3. The van der Waals surface area contributed by atoms with Crippen LogP contribution in [0.15, 0.2) is 36.5 Å². The van der Waals surface area contributed by atoms with Gasteiger partial charge in [-0.1, -0.05) is 23.7 Å². The number of benzene rings is 1. The maximum absolute atomic E-state index is 9.26. The molecule has 0 unspecified atom stereocenters. The van der Waals surface area contributed by atoms with E-state index >= 15 is 0 Å². The minimum atomic E-state index is 0.155. The lowest BCUT2D eigenvalue weighted by atomic mass is 9.90. The molecule has 7 heteroatoms. The maximum Gasteiger partial charge on any atom is 0.126 e. The van der Waals surface area contributed by atoms with Crippen LogP contribution in [-0.2, 0) is 4.74 Å². The molecular formula is C26H37ClN4O2. The molecule has 180 valence electrons. The molecule has 4 N–H and O–H groups in total. The van der Waals surface area contributed by atoms with Crippen molar-refractivity contribution in [2.45, 2.75) is 63.6 Å². The van der Waals surface area contributed by atoms with Gasteiger partial charge in [0.2, 0.25) is 0 Å². The van der Waals surface area contributed by atoms with Gasteiger partial charge in [0, 0.05) is 55.3 Å². The first kappa shape index (κ1) is 24.3. The van der Waals surface area contributed by atoms with Crippen LogP contribution in [0.5, 0.6) is 0 Å². The van der Waals surface area contributed by atoms with Crippen LogP contribution in [0.3, 0.4) is 0 Å². The summed E-state index contributed by atoms with van der Waals surface area (Å²) in [6.07, 6.45) is 8.36. The molecule has 2 aromatic rings. The van der Waals surface area contributed by atoms with Crippen molar-refractivity contribution in [3.63, 3.8) is 0 Å². The lowest BCUT2D eigenvalue weighted by Gasteiger charge is -2.31. The monoisotopic (exact) mass is 472 g/mol. The van der Waals surface area contributed by atoms with Crippen molar-refractivity contribution < 1.29 is 9.84 Å². The van der Waals surface area contributed by atoms with Crippen LogP contribution in [0.25, 0.3) is 11.1 Å². The Bertz CT molecular complexity index is 882. The summed E-state index contributed by atoms with van der Waals surface area (Å²) in [5.74, 6) is 1.54. The van der Waals surface area contributed by atoms with E-state index in [0.717, 1.165) is 80.9 Å². The van der Waals surface area contributed by atoms with Gasteiger partial charge in [-0.25, -0.2) is 4.98 Å². The van der Waals surface area contributed by atoms with Crippen molar-refractivity contribution in [3.8, 4) is 11.1 Å². The Morgan fingerprint density at radius 1 is 1.09 bits per heavy atom. The van der Waals surface area contributed by atoms with E-state index < -0.39 is 0 Å². The quantitative estimate of drug-likeness (QED) is 0.414. The van der Waals surface area contributed by atoms with Crippen molar-refractivity contribution in [1.82, 2.24) is 10.3 Å². The number of anilines is 2. The highest BCUT2D eigenvalue weighted by Crippen LogP contribution is 2.32. The van der Waals surface area contributed by atoms with Crippen molar-refractivity contribution in [2.24, 2.45) is 5.92 Å². The van der Waals surface area contributed by atoms with Crippen LogP contribution < -0.4 is 16.0 Å². The number of aromatic nitrogens is 1. The average molecular weight is 473 g/mol. The van der Waals surface area contributed by atoms with E-state index in [1.165, 1.54) is 0 Å². The third-order valence-corrected chi connectivity index (χ3v) is 7.14. The lowest BCUT2D eigenvalue weighted by molar-refractivity contribution is 0.0699. The highest BCUT2D eigenvalue weighted by Gasteiger charge is 2.22. The van der Waals surface area contributed by atoms with E-state index in [0.29, 0.717) is 23.0 Å². The largest absolute Gasteiger partial charge is 0.395 e. The van der Waals surface area contributed by atoms with Crippen molar-refractivity contribution >= 4 is 23.1 Å². The van der Waals surface area contributed by atoms with Gasteiger partial charge in [-0.15, -0.1) is 0 Å². The van der Waals surface area contributed by atoms with Crippen molar-refractivity contribution in [2.75, 3.05) is 37.0 Å². The van der Waals surface area contributed by atoms with E-state index in [1.807, 2.05) is 6.92 Å². The fourth-order valence-electron chi connectivity index (χ4n) is 4.82. The van der Waals surface area contributed by atoms with E-state index in [9.17, 15) is 5.11 Å². The molecule has 2 fully saturated rings. The second kappa shape index (κ2) is 12.0. The van der Waals surface area contributed by atoms with E-state index in [4.69, 9.17) is 16.3 Å². The minimum Gasteiger partial charge on any atom is -0.395 e. The molecule has 0 bridgehead atoms. The second-order valence-electron chi connectivity index (χ2n) is 9.51. The Morgan fingerprint density at radius 3 is 2.61 bits per heavy atom. The van der Waals surface area contributed by atoms with E-state index in [1.54, 1.807) is 6.20 Å². The summed E-state index contributed by atoms with van der Waals surface area (Å²) in [5.41, 5.74) is 3.20. The molecule has 1 aromatic heterocycles. The molecule has 1 saturated heterocycles. The molecule has 1 atom stereocenters. The molecule has 1 saturated carbocycles. The van der Waals surface area contributed by atoms with Gasteiger partial charge in [0.05, 0.1) is 11.6 Å². The average Bonchev–Trinajstić information content (AvgIpc) is 2.86.